The van der Waals surface area contributed by atoms with E-state index in [1.807, 2.05) is 0 Å². The van der Waals surface area contributed by atoms with Gasteiger partial charge in [0.25, 0.3) is 0 Å². The zero-order chi connectivity index (χ0) is 13.1. The van der Waals surface area contributed by atoms with E-state index in [1.165, 1.54) is 6.07 Å². The van der Waals surface area contributed by atoms with Gasteiger partial charge in [-0.05, 0) is 23.8 Å². The highest BCUT2D eigenvalue weighted by Crippen LogP contribution is 2.33. The number of benzene rings is 2. The normalized spacial score (nSPS) is 12.2. The molecule has 0 aliphatic carbocycles. The zero-order valence-electron chi connectivity index (χ0n) is 9.66. The standard InChI is InChI=1S/C14H11Cl2FO/c1-18-10-7-5-9(6-8-10)13(16)11-3-2-4-12(15)14(11)17/h2-8,13H,1H3. The van der Waals surface area contributed by atoms with Crippen molar-refractivity contribution in [1.29, 1.82) is 0 Å². The van der Waals surface area contributed by atoms with E-state index in [9.17, 15) is 4.39 Å². The number of hydrogen-bond acceptors (Lipinski definition) is 1. The van der Waals surface area contributed by atoms with E-state index < -0.39 is 11.2 Å². The van der Waals surface area contributed by atoms with E-state index >= 15 is 0 Å². The van der Waals surface area contributed by atoms with Crippen molar-refractivity contribution in [1.82, 2.24) is 0 Å². The Balaban J connectivity index is 2.35. The summed E-state index contributed by atoms with van der Waals surface area (Å²) in [7, 11) is 1.59. The third-order valence-corrected chi connectivity index (χ3v) is 3.44. The van der Waals surface area contributed by atoms with Crippen molar-refractivity contribution in [2.45, 2.75) is 5.38 Å². The summed E-state index contributed by atoms with van der Waals surface area (Å²) >= 11 is 12.0. The lowest BCUT2D eigenvalue weighted by Crippen LogP contribution is -1.97. The summed E-state index contributed by atoms with van der Waals surface area (Å²) in [6, 6.07) is 12.0. The predicted octanol–water partition coefficient (Wildman–Crippen LogP) is 4.82. The molecule has 0 heterocycles. The first kappa shape index (κ1) is 13.2. The minimum atomic E-state index is -0.574. The van der Waals surface area contributed by atoms with Gasteiger partial charge in [-0.2, -0.15) is 0 Å². The van der Waals surface area contributed by atoms with Gasteiger partial charge in [-0.3, -0.25) is 0 Å². The van der Waals surface area contributed by atoms with Gasteiger partial charge in [-0.25, -0.2) is 4.39 Å². The molecule has 4 heteroatoms. The Kier molecular flexibility index (Phi) is 4.10. The molecule has 2 rings (SSSR count). The third kappa shape index (κ3) is 2.60. The van der Waals surface area contributed by atoms with E-state index in [-0.39, 0.29) is 5.02 Å². The number of ether oxygens (including phenoxy) is 1. The molecule has 18 heavy (non-hydrogen) atoms. The van der Waals surface area contributed by atoms with Crippen molar-refractivity contribution in [2.75, 3.05) is 7.11 Å². The van der Waals surface area contributed by atoms with Crippen molar-refractivity contribution in [3.8, 4) is 5.75 Å². The van der Waals surface area contributed by atoms with Gasteiger partial charge in [-0.1, -0.05) is 35.9 Å². The van der Waals surface area contributed by atoms with Crippen LogP contribution in [0.15, 0.2) is 42.5 Å². The molecule has 0 saturated heterocycles. The Hall–Kier alpha value is -1.25. The molecule has 2 aromatic carbocycles. The summed E-state index contributed by atoms with van der Waals surface area (Å²) < 4.78 is 18.9. The van der Waals surface area contributed by atoms with Crippen molar-refractivity contribution in [3.05, 3.63) is 64.4 Å². The van der Waals surface area contributed by atoms with Crippen LogP contribution in [0.5, 0.6) is 5.75 Å². The van der Waals surface area contributed by atoms with Crippen molar-refractivity contribution in [3.63, 3.8) is 0 Å². The van der Waals surface area contributed by atoms with Gasteiger partial charge in [-0.15, -0.1) is 11.6 Å². The topological polar surface area (TPSA) is 9.23 Å². The lowest BCUT2D eigenvalue weighted by molar-refractivity contribution is 0.414. The summed E-state index contributed by atoms with van der Waals surface area (Å²) in [6.07, 6.45) is 0. The maximum Gasteiger partial charge on any atom is 0.146 e. The molecule has 2 aromatic rings. The van der Waals surface area contributed by atoms with Gasteiger partial charge in [0.2, 0.25) is 0 Å². The predicted molar refractivity (Wildman–Crippen MR) is 72.1 cm³/mol. The van der Waals surface area contributed by atoms with E-state index in [4.69, 9.17) is 27.9 Å². The van der Waals surface area contributed by atoms with E-state index in [1.54, 1.807) is 43.5 Å². The van der Waals surface area contributed by atoms with Crippen molar-refractivity contribution in [2.24, 2.45) is 0 Å². The van der Waals surface area contributed by atoms with Crippen LogP contribution in [-0.4, -0.2) is 7.11 Å². The van der Waals surface area contributed by atoms with Crippen LogP contribution < -0.4 is 4.74 Å². The number of rotatable bonds is 3. The van der Waals surface area contributed by atoms with Crippen LogP contribution >= 0.6 is 23.2 Å². The molecule has 94 valence electrons. The quantitative estimate of drug-likeness (QED) is 0.735. The molecule has 0 aromatic heterocycles. The average Bonchev–Trinajstić information content (AvgIpc) is 2.41. The second-order valence-electron chi connectivity index (χ2n) is 3.78. The van der Waals surface area contributed by atoms with Crippen LogP contribution in [-0.2, 0) is 0 Å². The third-order valence-electron chi connectivity index (χ3n) is 2.66. The Morgan fingerprint density at radius 3 is 2.39 bits per heavy atom. The largest absolute Gasteiger partial charge is 0.497 e. The summed E-state index contributed by atoms with van der Waals surface area (Å²) in [5.41, 5.74) is 1.16. The molecule has 1 unspecified atom stereocenters. The SMILES string of the molecule is COc1ccc(C(Cl)c2cccc(Cl)c2F)cc1. The molecule has 0 radical (unpaired) electrons. The molecular formula is C14H11Cl2FO. The summed E-state index contributed by atoms with van der Waals surface area (Å²) in [5.74, 6) is 0.254. The van der Waals surface area contributed by atoms with Crippen molar-refractivity contribution >= 4 is 23.2 Å². The number of halogens is 3. The van der Waals surface area contributed by atoms with E-state index in [0.717, 1.165) is 11.3 Å². The number of methoxy groups -OCH3 is 1. The maximum absolute atomic E-state index is 13.8. The van der Waals surface area contributed by atoms with Crippen LogP contribution in [0.3, 0.4) is 0 Å². The first-order valence-corrected chi connectivity index (χ1v) is 6.17. The van der Waals surface area contributed by atoms with E-state index in [2.05, 4.69) is 0 Å². The highest BCUT2D eigenvalue weighted by molar-refractivity contribution is 6.31. The molecule has 0 bridgehead atoms. The van der Waals surface area contributed by atoms with Gasteiger partial charge >= 0.3 is 0 Å². The fourth-order valence-corrected chi connectivity index (χ4v) is 2.16. The van der Waals surface area contributed by atoms with Crippen LogP contribution in [0.2, 0.25) is 5.02 Å². The second kappa shape index (κ2) is 5.59. The number of alkyl halides is 1. The van der Waals surface area contributed by atoms with Crippen LogP contribution in [0.1, 0.15) is 16.5 Å². The molecule has 0 aliphatic rings. The molecule has 0 aliphatic heterocycles. The van der Waals surface area contributed by atoms with Gasteiger partial charge in [0.15, 0.2) is 0 Å². The second-order valence-corrected chi connectivity index (χ2v) is 4.62. The lowest BCUT2D eigenvalue weighted by Gasteiger charge is -2.12. The van der Waals surface area contributed by atoms with Crippen LogP contribution in [0.25, 0.3) is 0 Å². The smallest absolute Gasteiger partial charge is 0.146 e. The molecule has 1 atom stereocenters. The Morgan fingerprint density at radius 2 is 1.78 bits per heavy atom. The summed E-state index contributed by atoms with van der Waals surface area (Å²) in [4.78, 5) is 0. The van der Waals surface area contributed by atoms with Gasteiger partial charge in [0.1, 0.15) is 11.6 Å². The van der Waals surface area contributed by atoms with E-state index in [0.29, 0.717) is 5.56 Å². The molecule has 0 saturated carbocycles. The van der Waals surface area contributed by atoms with Crippen molar-refractivity contribution < 1.29 is 9.13 Å². The van der Waals surface area contributed by atoms with Crippen LogP contribution in [0.4, 0.5) is 4.39 Å². The minimum Gasteiger partial charge on any atom is -0.497 e. The Morgan fingerprint density at radius 1 is 1.11 bits per heavy atom. The summed E-state index contributed by atoms with van der Waals surface area (Å²) in [6.45, 7) is 0. The maximum atomic E-state index is 13.8. The highest BCUT2D eigenvalue weighted by atomic mass is 35.5. The molecule has 1 nitrogen and oxygen atoms in total. The van der Waals surface area contributed by atoms with Gasteiger partial charge < -0.3 is 4.74 Å². The zero-order valence-corrected chi connectivity index (χ0v) is 11.2. The average molecular weight is 285 g/mol. The molecular weight excluding hydrogens is 274 g/mol. The van der Waals surface area contributed by atoms with Gasteiger partial charge in [0.05, 0.1) is 17.5 Å². The van der Waals surface area contributed by atoms with Gasteiger partial charge in [0, 0.05) is 5.56 Å². The highest BCUT2D eigenvalue weighted by Gasteiger charge is 2.16. The first-order valence-electron chi connectivity index (χ1n) is 5.35. The number of hydrogen-bond donors (Lipinski definition) is 0. The lowest BCUT2D eigenvalue weighted by atomic mass is 10.0. The fraction of sp³-hybridized carbons (Fsp3) is 0.143. The molecule has 0 N–H and O–H groups in total. The summed E-state index contributed by atoms with van der Waals surface area (Å²) in [5, 5.41) is -0.499. The Labute approximate surface area is 115 Å². The van der Waals surface area contributed by atoms with Crippen LogP contribution in [0, 0.1) is 5.82 Å². The molecule has 0 fully saturated rings. The molecule has 0 spiro atoms. The fourth-order valence-electron chi connectivity index (χ4n) is 1.67. The first-order chi connectivity index (χ1) is 8.63. The monoisotopic (exact) mass is 284 g/mol. The minimum absolute atomic E-state index is 0.0756. The molecule has 0 amide bonds. The Bertz CT molecular complexity index is 540.